The smallest absolute Gasteiger partial charge is 0.148 e. The molecule has 2 rings (SSSR count). The minimum Gasteiger partial charge on any atom is -0.351 e. The molecule has 0 amide bonds. The lowest BCUT2D eigenvalue weighted by Gasteiger charge is -2.29. The Morgan fingerprint density at radius 3 is 3.00 bits per heavy atom. The number of nitriles is 1. The quantitative estimate of drug-likeness (QED) is 0.780. The molecule has 5 heteroatoms. The standard InChI is InChI=1S/C13H17ClN4/c1-10-9-17(2)6-3-7-18(10)13-12(14)11(8-15)4-5-16-13/h4-5,10H,3,6-7,9H2,1-2H3. The summed E-state index contributed by atoms with van der Waals surface area (Å²) in [5, 5.41) is 9.48. The van der Waals surface area contributed by atoms with Crippen molar-refractivity contribution < 1.29 is 0 Å². The summed E-state index contributed by atoms with van der Waals surface area (Å²) in [4.78, 5) is 8.87. The lowest BCUT2D eigenvalue weighted by atomic mass is 10.2. The Morgan fingerprint density at radius 1 is 1.50 bits per heavy atom. The molecule has 1 aromatic rings. The molecule has 0 bridgehead atoms. The third-order valence-corrected chi connectivity index (χ3v) is 3.68. The summed E-state index contributed by atoms with van der Waals surface area (Å²) in [6.45, 7) is 5.15. The number of aromatic nitrogens is 1. The Bertz CT molecular complexity index is 469. The van der Waals surface area contributed by atoms with Crippen LogP contribution in [0.5, 0.6) is 0 Å². The van der Waals surface area contributed by atoms with Crippen LogP contribution < -0.4 is 4.90 Å². The van der Waals surface area contributed by atoms with Crippen molar-refractivity contribution in [3.05, 3.63) is 22.8 Å². The van der Waals surface area contributed by atoms with E-state index in [0.29, 0.717) is 16.6 Å². The maximum absolute atomic E-state index is 9.02. The second kappa shape index (κ2) is 5.55. The fourth-order valence-corrected chi connectivity index (χ4v) is 2.67. The molecular formula is C13H17ClN4. The lowest BCUT2D eigenvalue weighted by Crippen LogP contribution is -2.38. The molecule has 1 unspecified atom stereocenters. The number of halogens is 1. The molecule has 18 heavy (non-hydrogen) atoms. The minimum absolute atomic E-state index is 0.344. The molecule has 0 spiro atoms. The van der Waals surface area contributed by atoms with Crippen molar-refractivity contribution in [3.8, 4) is 6.07 Å². The first-order valence-electron chi connectivity index (χ1n) is 6.13. The highest BCUT2D eigenvalue weighted by Gasteiger charge is 2.23. The number of hydrogen-bond acceptors (Lipinski definition) is 4. The second-order valence-corrected chi connectivity index (χ2v) is 5.14. The summed E-state index contributed by atoms with van der Waals surface area (Å²) in [5.41, 5.74) is 0.492. The molecule has 2 heterocycles. The molecule has 0 radical (unpaired) electrons. The molecule has 96 valence electrons. The fraction of sp³-hybridized carbons (Fsp3) is 0.538. The van der Waals surface area contributed by atoms with E-state index in [4.69, 9.17) is 16.9 Å². The largest absolute Gasteiger partial charge is 0.351 e. The normalized spacial score (nSPS) is 21.4. The molecule has 0 N–H and O–H groups in total. The van der Waals surface area contributed by atoms with Crippen molar-refractivity contribution in [2.24, 2.45) is 0 Å². The van der Waals surface area contributed by atoms with Crippen LogP contribution in [0, 0.1) is 11.3 Å². The van der Waals surface area contributed by atoms with Gasteiger partial charge in [0.25, 0.3) is 0 Å². The lowest BCUT2D eigenvalue weighted by molar-refractivity contribution is 0.337. The maximum Gasteiger partial charge on any atom is 0.148 e. The first-order valence-corrected chi connectivity index (χ1v) is 6.51. The molecule has 1 fully saturated rings. The summed E-state index contributed by atoms with van der Waals surface area (Å²) >= 11 is 6.26. The summed E-state index contributed by atoms with van der Waals surface area (Å²) in [6.07, 6.45) is 2.73. The summed E-state index contributed by atoms with van der Waals surface area (Å²) in [5.74, 6) is 0.735. The zero-order chi connectivity index (χ0) is 13.1. The van der Waals surface area contributed by atoms with Gasteiger partial charge < -0.3 is 9.80 Å². The molecule has 1 aromatic heterocycles. The van der Waals surface area contributed by atoms with E-state index in [1.165, 1.54) is 0 Å². The van der Waals surface area contributed by atoms with Gasteiger partial charge in [-0.2, -0.15) is 5.26 Å². The van der Waals surface area contributed by atoms with Gasteiger partial charge in [0.2, 0.25) is 0 Å². The van der Waals surface area contributed by atoms with Crippen LogP contribution in [0.25, 0.3) is 0 Å². The summed E-state index contributed by atoms with van der Waals surface area (Å²) in [7, 11) is 2.13. The zero-order valence-electron chi connectivity index (χ0n) is 10.7. The molecule has 1 aliphatic heterocycles. The van der Waals surface area contributed by atoms with E-state index in [0.717, 1.165) is 31.9 Å². The van der Waals surface area contributed by atoms with Gasteiger partial charge in [-0.05, 0) is 33.0 Å². The van der Waals surface area contributed by atoms with E-state index in [9.17, 15) is 0 Å². The number of hydrogen-bond donors (Lipinski definition) is 0. The van der Waals surface area contributed by atoms with E-state index in [1.54, 1.807) is 12.3 Å². The SMILES string of the molecule is CC1CN(C)CCCN1c1nccc(C#N)c1Cl. The van der Waals surface area contributed by atoms with Crippen LogP contribution in [0.4, 0.5) is 5.82 Å². The number of anilines is 1. The topological polar surface area (TPSA) is 43.2 Å². The number of rotatable bonds is 1. The van der Waals surface area contributed by atoms with E-state index in [2.05, 4.69) is 34.8 Å². The molecule has 1 atom stereocenters. The molecule has 0 saturated carbocycles. The van der Waals surface area contributed by atoms with Crippen LogP contribution in [0.1, 0.15) is 18.9 Å². The first kappa shape index (κ1) is 13.1. The Morgan fingerprint density at radius 2 is 2.28 bits per heavy atom. The zero-order valence-corrected chi connectivity index (χ0v) is 11.5. The highest BCUT2D eigenvalue weighted by Crippen LogP contribution is 2.28. The first-order chi connectivity index (χ1) is 8.63. The van der Waals surface area contributed by atoms with E-state index >= 15 is 0 Å². The van der Waals surface area contributed by atoms with Crippen molar-refractivity contribution in [1.82, 2.24) is 9.88 Å². The number of likely N-dealkylation sites (N-methyl/N-ethyl adjacent to an activating group) is 1. The van der Waals surface area contributed by atoms with Gasteiger partial charge in [-0.15, -0.1) is 0 Å². The van der Waals surface area contributed by atoms with Crippen LogP contribution in [-0.2, 0) is 0 Å². The van der Waals surface area contributed by atoms with Gasteiger partial charge in [-0.1, -0.05) is 11.6 Å². The van der Waals surface area contributed by atoms with Gasteiger partial charge in [0, 0.05) is 25.3 Å². The Hall–Kier alpha value is -1.31. The van der Waals surface area contributed by atoms with Gasteiger partial charge in [0.1, 0.15) is 16.9 Å². The van der Waals surface area contributed by atoms with Gasteiger partial charge in [0.15, 0.2) is 0 Å². The van der Waals surface area contributed by atoms with Crippen molar-refractivity contribution in [3.63, 3.8) is 0 Å². The fourth-order valence-electron chi connectivity index (χ4n) is 2.41. The van der Waals surface area contributed by atoms with E-state index < -0.39 is 0 Å². The Balaban J connectivity index is 2.33. The number of pyridine rings is 1. The van der Waals surface area contributed by atoms with Crippen molar-refractivity contribution in [2.75, 3.05) is 31.6 Å². The molecule has 0 aromatic carbocycles. The molecule has 1 saturated heterocycles. The maximum atomic E-state index is 9.02. The average molecular weight is 265 g/mol. The van der Waals surface area contributed by atoms with Crippen LogP contribution in [0.3, 0.4) is 0 Å². The Kier molecular flexibility index (Phi) is 4.05. The van der Waals surface area contributed by atoms with Gasteiger partial charge in [-0.3, -0.25) is 0 Å². The highest BCUT2D eigenvalue weighted by atomic mass is 35.5. The van der Waals surface area contributed by atoms with Crippen molar-refractivity contribution in [2.45, 2.75) is 19.4 Å². The van der Waals surface area contributed by atoms with Crippen LogP contribution >= 0.6 is 11.6 Å². The van der Waals surface area contributed by atoms with Gasteiger partial charge >= 0.3 is 0 Å². The van der Waals surface area contributed by atoms with Gasteiger partial charge in [0.05, 0.1) is 5.56 Å². The molecule has 4 nitrogen and oxygen atoms in total. The molecule has 1 aliphatic rings. The third-order valence-electron chi connectivity index (χ3n) is 3.31. The van der Waals surface area contributed by atoms with Crippen LogP contribution in [0.15, 0.2) is 12.3 Å². The monoisotopic (exact) mass is 264 g/mol. The minimum atomic E-state index is 0.344. The van der Waals surface area contributed by atoms with Crippen LogP contribution in [0.2, 0.25) is 5.02 Å². The van der Waals surface area contributed by atoms with Crippen LogP contribution in [-0.4, -0.2) is 42.6 Å². The predicted molar refractivity (Wildman–Crippen MR) is 72.9 cm³/mol. The predicted octanol–water partition coefficient (Wildman–Crippen LogP) is 2.14. The summed E-state index contributed by atoms with van der Waals surface area (Å²) < 4.78 is 0. The third kappa shape index (κ3) is 2.58. The second-order valence-electron chi connectivity index (χ2n) is 4.77. The van der Waals surface area contributed by atoms with Crippen molar-refractivity contribution >= 4 is 17.4 Å². The van der Waals surface area contributed by atoms with E-state index in [-0.39, 0.29) is 0 Å². The van der Waals surface area contributed by atoms with E-state index in [1.807, 2.05) is 0 Å². The molecule has 0 aliphatic carbocycles. The molecular weight excluding hydrogens is 248 g/mol. The Labute approximate surface area is 113 Å². The average Bonchev–Trinajstić information content (AvgIpc) is 2.51. The van der Waals surface area contributed by atoms with Crippen molar-refractivity contribution in [1.29, 1.82) is 5.26 Å². The summed E-state index contributed by atoms with van der Waals surface area (Å²) in [6, 6.07) is 4.10. The number of nitrogens with zero attached hydrogens (tertiary/aromatic N) is 4. The van der Waals surface area contributed by atoms with Gasteiger partial charge in [-0.25, -0.2) is 4.98 Å². The highest BCUT2D eigenvalue weighted by molar-refractivity contribution is 6.34.